The van der Waals surface area contributed by atoms with E-state index in [4.69, 9.17) is 16.3 Å². The Morgan fingerprint density at radius 2 is 1.77 bits per heavy atom. The molecule has 1 aromatic heterocycles. The Morgan fingerprint density at radius 1 is 1.02 bits per heavy atom. The molecule has 2 N–H and O–H groups in total. The number of carbonyl (C=O) groups is 1. The molecular weight excluding hydrogens is 643 g/mol. The average molecular weight is 679 g/mol. The Bertz CT molecular complexity index is 1930. The average Bonchev–Trinajstić information content (AvgIpc) is 3.07. The molecule has 47 heavy (non-hydrogen) atoms. The summed E-state index contributed by atoms with van der Waals surface area (Å²) in [6.45, 7) is 1.69. The number of hydrogen-bond acceptors (Lipinski definition) is 9. The summed E-state index contributed by atoms with van der Waals surface area (Å²) in [7, 11) is 1.38. The highest BCUT2D eigenvalue weighted by atomic mass is 35.5. The lowest BCUT2D eigenvalue weighted by Crippen LogP contribution is -2.52. The lowest BCUT2D eigenvalue weighted by atomic mass is 9.93. The van der Waals surface area contributed by atoms with Gasteiger partial charge in [-0.15, -0.1) is 0 Å². The molecule has 0 saturated carbocycles. The van der Waals surface area contributed by atoms with Crippen molar-refractivity contribution in [3.8, 4) is 0 Å². The van der Waals surface area contributed by atoms with Crippen molar-refractivity contribution < 1.29 is 22.3 Å². The number of nitrogens with zero attached hydrogens (tertiary/aromatic N) is 4. The molecule has 13 heteroatoms. The fourth-order valence-corrected chi connectivity index (χ4v) is 8.16. The van der Waals surface area contributed by atoms with Gasteiger partial charge in [0.2, 0.25) is 10.0 Å². The summed E-state index contributed by atoms with van der Waals surface area (Å²) in [5.74, 6) is -1.06. The first-order valence-electron chi connectivity index (χ1n) is 15.2. The summed E-state index contributed by atoms with van der Waals surface area (Å²) in [5.41, 5.74) is 3.02. The van der Waals surface area contributed by atoms with E-state index in [9.17, 15) is 17.6 Å². The van der Waals surface area contributed by atoms with E-state index in [2.05, 4.69) is 20.5 Å². The third-order valence-electron chi connectivity index (χ3n) is 8.60. The summed E-state index contributed by atoms with van der Waals surface area (Å²) in [6.07, 6.45) is 1.17. The van der Waals surface area contributed by atoms with Gasteiger partial charge in [-0.3, -0.25) is 15.2 Å². The van der Waals surface area contributed by atoms with Crippen molar-refractivity contribution in [1.82, 2.24) is 24.8 Å². The minimum absolute atomic E-state index is 0.162. The number of fused-ring (bicyclic) bond motifs is 1. The number of anilines is 1. The number of halogens is 2. The predicted molar refractivity (Wildman–Crippen MR) is 180 cm³/mol. The van der Waals surface area contributed by atoms with Crippen molar-refractivity contribution in [2.24, 2.45) is 0 Å². The summed E-state index contributed by atoms with van der Waals surface area (Å²) in [6, 6.07) is 19.9. The van der Waals surface area contributed by atoms with Gasteiger partial charge < -0.3 is 15.0 Å². The number of pyridine rings is 1. The Balaban J connectivity index is 1.29. The molecule has 2 atom stereocenters. The van der Waals surface area contributed by atoms with Crippen LogP contribution in [0.3, 0.4) is 0 Å². The van der Waals surface area contributed by atoms with Crippen LogP contribution in [0.25, 0.3) is 10.8 Å². The number of benzene rings is 3. The zero-order valence-electron chi connectivity index (χ0n) is 26.3. The third kappa shape index (κ3) is 6.56. The minimum atomic E-state index is -3.79. The molecule has 2 aliphatic rings. The molecule has 0 aliphatic carbocycles. The van der Waals surface area contributed by atoms with Crippen LogP contribution in [0.4, 0.5) is 10.1 Å². The summed E-state index contributed by atoms with van der Waals surface area (Å²) >= 11 is 6.51. The van der Waals surface area contributed by atoms with E-state index in [-0.39, 0.29) is 23.0 Å². The number of hydrogen-bond donors (Lipinski definition) is 2. The molecule has 1 saturated heterocycles. The Morgan fingerprint density at radius 3 is 2.45 bits per heavy atom. The Labute approximate surface area is 278 Å². The van der Waals surface area contributed by atoms with Gasteiger partial charge in [0, 0.05) is 80.2 Å². The van der Waals surface area contributed by atoms with Crippen LogP contribution in [0.2, 0.25) is 5.02 Å². The molecule has 3 heterocycles. The zero-order valence-corrected chi connectivity index (χ0v) is 27.9. The van der Waals surface area contributed by atoms with Crippen LogP contribution in [0, 0.1) is 5.82 Å². The van der Waals surface area contributed by atoms with Crippen molar-refractivity contribution in [2.75, 3.05) is 58.8 Å². The molecule has 0 bridgehead atoms. The molecule has 246 valence electrons. The number of aromatic nitrogens is 1. The maximum Gasteiger partial charge on any atom is 0.337 e. The van der Waals surface area contributed by atoms with Crippen molar-refractivity contribution >= 4 is 44.1 Å². The van der Waals surface area contributed by atoms with Crippen molar-refractivity contribution in [3.05, 3.63) is 112 Å². The second-order valence-electron chi connectivity index (χ2n) is 11.7. The number of ether oxygens (including phenoxy) is 1. The molecule has 1 fully saturated rings. The van der Waals surface area contributed by atoms with Gasteiger partial charge in [-0.2, -0.15) is 4.31 Å². The normalized spacial score (nSPS) is 19.4. The first-order chi connectivity index (χ1) is 22.6. The summed E-state index contributed by atoms with van der Waals surface area (Å²) in [4.78, 5) is 22.2. The number of sulfonamides is 1. The van der Waals surface area contributed by atoms with Gasteiger partial charge in [-0.1, -0.05) is 48.0 Å². The third-order valence-corrected chi connectivity index (χ3v) is 10.9. The molecular formula is C34H36ClFN6O4S. The summed E-state index contributed by atoms with van der Waals surface area (Å²) in [5, 5.41) is 8.54. The fraction of sp³-hybridized carbons (Fsp3) is 0.294. The van der Waals surface area contributed by atoms with Crippen LogP contribution in [0.1, 0.15) is 23.5 Å². The van der Waals surface area contributed by atoms with Gasteiger partial charge in [0.15, 0.2) is 0 Å². The smallest absolute Gasteiger partial charge is 0.337 e. The lowest BCUT2D eigenvalue weighted by Gasteiger charge is -2.39. The second kappa shape index (κ2) is 13.6. The largest absolute Gasteiger partial charge is 0.466 e. The number of esters is 1. The van der Waals surface area contributed by atoms with Crippen LogP contribution in [-0.2, 0) is 19.6 Å². The quantitative estimate of drug-likeness (QED) is 0.261. The molecule has 0 spiro atoms. The molecule has 6 rings (SSSR count). The molecule has 4 aromatic rings. The molecule has 0 amide bonds. The van der Waals surface area contributed by atoms with Crippen molar-refractivity contribution in [3.63, 3.8) is 0 Å². The Hall–Kier alpha value is -4.07. The second-order valence-corrected chi connectivity index (χ2v) is 14.0. The first-order valence-corrected chi connectivity index (χ1v) is 17.0. The van der Waals surface area contributed by atoms with Crippen LogP contribution in [0.15, 0.2) is 95.2 Å². The number of rotatable bonds is 8. The van der Waals surface area contributed by atoms with E-state index < -0.39 is 34.0 Å². The van der Waals surface area contributed by atoms with Gasteiger partial charge in [0.25, 0.3) is 0 Å². The van der Waals surface area contributed by atoms with Crippen LogP contribution >= 0.6 is 11.6 Å². The van der Waals surface area contributed by atoms with E-state index in [1.165, 1.54) is 23.5 Å². The molecule has 2 aliphatic heterocycles. The van der Waals surface area contributed by atoms with Crippen molar-refractivity contribution in [1.29, 1.82) is 0 Å². The summed E-state index contributed by atoms with van der Waals surface area (Å²) < 4.78 is 48.7. The highest BCUT2D eigenvalue weighted by Gasteiger charge is 2.38. The highest BCUT2D eigenvalue weighted by Crippen LogP contribution is 2.36. The van der Waals surface area contributed by atoms with Gasteiger partial charge in [-0.05, 0) is 42.0 Å². The van der Waals surface area contributed by atoms with Gasteiger partial charge in [0.05, 0.1) is 29.3 Å². The van der Waals surface area contributed by atoms with E-state index in [0.29, 0.717) is 47.5 Å². The van der Waals surface area contributed by atoms with E-state index in [1.807, 2.05) is 61.5 Å². The molecule has 10 nitrogen and oxygen atoms in total. The first kappa shape index (κ1) is 32.9. The zero-order chi connectivity index (χ0) is 33.3. The fourth-order valence-electron chi connectivity index (χ4n) is 6.26. The van der Waals surface area contributed by atoms with Crippen molar-refractivity contribution in [2.45, 2.75) is 17.1 Å². The van der Waals surface area contributed by atoms with Gasteiger partial charge in [-0.25, -0.2) is 17.6 Å². The van der Waals surface area contributed by atoms with Crippen LogP contribution in [-0.4, -0.2) is 82.5 Å². The number of carbonyl (C=O) groups excluding carboxylic acids is 1. The minimum Gasteiger partial charge on any atom is -0.466 e. The maximum absolute atomic E-state index is 14.0. The van der Waals surface area contributed by atoms with E-state index in [0.717, 1.165) is 11.1 Å². The maximum atomic E-state index is 14.0. The number of nitrogens with one attached hydrogen (secondary N) is 2. The monoisotopic (exact) mass is 678 g/mol. The lowest BCUT2D eigenvalue weighted by molar-refractivity contribution is -0.136. The predicted octanol–water partition coefficient (Wildman–Crippen LogP) is 4.46. The number of methoxy groups -OCH3 is 1. The number of piperazine rings is 1. The van der Waals surface area contributed by atoms with E-state index >= 15 is 0 Å². The topological polar surface area (TPSA) is 107 Å². The van der Waals surface area contributed by atoms with Crippen LogP contribution < -0.4 is 15.5 Å². The van der Waals surface area contributed by atoms with E-state index in [1.54, 1.807) is 24.4 Å². The van der Waals surface area contributed by atoms with Crippen LogP contribution in [0.5, 0.6) is 0 Å². The molecule has 0 radical (unpaired) electrons. The standard InChI is InChI=1S/C34H36ClFN6O4S/c1-40(2)29-11-6-9-24-23(29)8-7-12-30(24)47(44,45)42-18-16-41(17-19-42)21-28-31(34(43)46-3)32(25-14-13-22(36)20-26(25)35)39-33(38-28)27-10-4-5-15-37-27/h4-15,20,32-33,38-39H,16-19,21H2,1-3H3. The van der Waals surface area contributed by atoms with Gasteiger partial charge in [0.1, 0.15) is 12.0 Å². The highest BCUT2D eigenvalue weighted by molar-refractivity contribution is 7.89. The molecule has 2 unspecified atom stereocenters. The SMILES string of the molecule is COC(=O)C1=C(CN2CCN(S(=O)(=O)c3cccc4c(N(C)C)cccc34)CC2)NC(c2ccccn2)NC1c1ccc(F)cc1Cl. The Kier molecular flexibility index (Phi) is 9.49. The molecule has 3 aromatic carbocycles. The van der Waals surface area contributed by atoms with Gasteiger partial charge >= 0.3 is 5.97 Å².